The van der Waals surface area contributed by atoms with Crippen LogP contribution in [0.1, 0.15) is 12.0 Å². The molecule has 0 bridgehead atoms. The van der Waals surface area contributed by atoms with Gasteiger partial charge in [0.05, 0.1) is 0 Å². The van der Waals surface area contributed by atoms with Gasteiger partial charge in [0.15, 0.2) is 0 Å². The minimum absolute atomic E-state index is 0.216. The summed E-state index contributed by atoms with van der Waals surface area (Å²) in [7, 11) is 3.75. The normalized spacial score (nSPS) is 20.8. The minimum Gasteiger partial charge on any atom is -0.619 e. The Morgan fingerprint density at radius 2 is 2.10 bits per heavy atom. The van der Waals surface area contributed by atoms with Crippen LogP contribution in [0.2, 0.25) is 0 Å². The molecule has 0 aliphatic heterocycles. The Balaban J connectivity index is 2.55. The highest BCUT2D eigenvalue weighted by Crippen LogP contribution is 2.39. The summed E-state index contributed by atoms with van der Waals surface area (Å²) in [6, 6.07) is 7.39. The van der Waals surface area contributed by atoms with E-state index in [1.54, 1.807) is 12.2 Å². The fourth-order valence-corrected chi connectivity index (χ4v) is 2.53. The summed E-state index contributed by atoms with van der Waals surface area (Å²) >= 11 is 0. The fraction of sp³-hybridized carbons (Fsp3) is 0.250. The number of carbonyl (C=O) groups is 1. The molecule has 1 atom stereocenters. The number of hydroxylamine groups is 1. The molecule has 1 N–H and O–H groups in total. The summed E-state index contributed by atoms with van der Waals surface area (Å²) in [4.78, 5) is 13.8. The standard InChI is InChI=1S/C16H18N2O3/c1-17(2)14-7-5-4-6-13(14)16(15(19)20)10-8-12(9-11-16)18(3)21/h4-10H,3,11H2,1-2H3,(H,19,20). The summed E-state index contributed by atoms with van der Waals surface area (Å²) in [5.41, 5.74) is 0.750. The molecule has 0 saturated heterocycles. The molecular formula is C16H18N2O3. The molecule has 0 fully saturated rings. The molecule has 1 unspecified atom stereocenters. The number of carboxylic acids is 1. The van der Waals surface area contributed by atoms with Crippen molar-refractivity contribution in [2.24, 2.45) is 0 Å². The Kier molecular flexibility index (Phi) is 3.84. The lowest BCUT2D eigenvalue weighted by atomic mass is 9.74. The SMILES string of the molecule is C=[N+]([O-])C1=CCC(C(=O)O)(c2ccccc2N(C)C)C=C1. The first-order valence-electron chi connectivity index (χ1n) is 6.56. The van der Waals surface area contributed by atoms with Gasteiger partial charge in [-0.1, -0.05) is 24.3 Å². The Labute approximate surface area is 123 Å². The van der Waals surface area contributed by atoms with E-state index in [-0.39, 0.29) is 6.42 Å². The van der Waals surface area contributed by atoms with E-state index < -0.39 is 11.4 Å². The Hall–Kier alpha value is -2.56. The van der Waals surface area contributed by atoms with Crippen LogP contribution in [0.4, 0.5) is 5.69 Å². The Morgan fingerprint density at radius 1 is 1.43 bits per heavy atom. The van der Waals surface area contributed by atoms with Gasteiger partial charge in [0.2, 0.25) is 5.70 Å². The van der Waals surface area contributed by atoms with Crippen molar-refractivity contribution < 1.29 is 14.6 Å². The molecule has 5 heteroatoms. The van der Waals surface area contributed by atoms with Crippen LogP contribution in [0, 0.1) is 5.21 Å². The predicted molar refractivity (Wildman–Crippen MR) is 82.7 cm³/mol. The third kappa shape index (κ3) is 2.54. The molecule has 0 heterocycles. The van der Waals surface area contributed by atoms with Crippen LogP contribution in [-0.2, 0) is 10.2 Å². The lowest BCUT2D eigenvalue weighted by molar-refractivity contribution is -0.385. The average Bonchev–Trinajstić information content (AvgIpc) is 2.47. The molecule has 110 valence electrons. The second kappa shape index (κ2) is 5.44. The third-order valence-electron chi connectivity index (χ3n) is 3.71. The monoisotopic (exact) mass is 286 g/mol. The van der Waals surface area contributed by atoms with Crippen molar-refractivity contribution in [1.82, 2.24) is 0 Å². The quantitative estimate of drug-likeness (QED) is 0.398. The zero-order chi connectivity index (χ0) is 15.6. The average molecular weight is 286 g/mol. The van der Waals surface area contributed by atoms with E-state index >= 15 is 0 Å². The van der Waals surface area contributed by atoms with Gasteiger partial charge in [-0.25, -0.2) is 0 Å². The first kappa shape index (κ1) is 14.8. The highest BCUT2D eigenvalue weighted by molar-refractivity contribution is 5.87. The molecule has 0 amide bonds. The molecular weight excluding hydrogens is 268 g/mol. The van der Waals surface area contributed by atoms with Crippen LogP contribution in [0.15, 0.2) is 48.2 Å². The molecule has 1 aliphatic carbocycles. The maximum Gasteiger partial charge on any atom is 0.318 e. The van der Waals surface area contributed by atoms with Crippen LogP contribution in [0.5, 0.6) is 0 Å². The number of carboxylic acid groups (broad SMARTS) is 1. The first-order valence-corrected chi connectivity index (χ1v) is 6.56. The number of anilines is 1. The number of hydrogen-bond acceptors (Lipinski definition) is 3. The van der Waals surface area contributed by atoms with Crippen LogP contribution in [-0.4, -0.2) is 36.6 Å². The first-order chi connectivity index (χ1) is 9.88. The molecule has 0 aromatic heterocycles. The third-order valence-corrected chi connectivity index (χ3v) is 3.71. The molecule has 0 saturated carbocycles. The fourth-order valence-electron chi connectivity index (χ4n) is 2.53. The number of hydrogen-bond donors (Lipinski definition) is 1. The van der Waals surface area contributed by atoms with Crippen LogP contribution in [0.25, 0.3) is 0 Å². The van der Waals surface area contributed by atoms with Gasteiger partial charge in [0, 0.05) is 25.9 Å². The predicted octanol–water partition coefficient (Wildman–Crippen LogP) is 2.13. The van der Waals surface area contributed by atoms with Crippen molar-refractivity contribution in [3.8, 4) is 0 Å². The summed E-state index contributed by atoms with van der Waals surface area (Å²) in [6.07, 6.45) is 4.92. The van der Waals surface area contributed by atoms with Gasteiger partial charge in [-0.2, -0.15) is 4.74 Å². The summed E-state index contributed by atoms with van der Waals surface area (Å²) < 4.78 is 0.486. The Morgan fingerprint density at radius 3 is 2.57 bits per heavy atom. The number of benzene rings is 1. The van der Waals surface area contributed by atoms with Crippen molar-refractivity contribution in [3.63, 3.8) is 0 Å². The van der Waals surface area contributed by atoms with E-state index in [4.69, 9.17) is 0 Å². The molecule has 1 aromatic carbocycles. The number of aliphatic carboxylic acids is 1. The largest absolute Gasteiger partial charge is 0.619 e. The van der Waals surface area contributed by atoms with E-state index in [1.165, 1.54) is 6.08 Å². The second-order valence-corrected chi connectivity index (χ2v) is 5.23. The molecule has 1 aromatic rings. The molecule has 0 radical (unpaired) electrons. The van der Waals surface area contributed by atoms with Crippen molar-refractivity contribution in [3.05, 3.63) is 59.0 Å². The number of para-hydroxylation sites is 1. The van der Waals surface area contributed by atoms with Gasteiger partial charge >= 0.3 is 5.97 Å². The van der Waals surface area contributed by atoms with Crippen LogP contribution < -0.4 is 4.90 Å². The summed E-state index contributed by atoms with van der Waals surface area (Å²) in [6.45, 7) is 3.28. The van der Waals surface area contributed by atoms with Crippen molar-refractivity contribution in [1.29, 1.82) is 0 Å². The zero-order valence-electron chi connectivity index (χ0n) is 12.1. The van der Waals surface area contributed by atoms with Crippen molar-refractivity contribution in [2.45, 2.75) is 11.8 Å². The summed E-state index contributed by atoms with van der Waals surface area (Å²) in [5, 5.41) is 21.0. The topological polar surface area (TPSA) is 66.6 Å². The number of rotatable bonds is 4. The lowest BCUT2D eigenvalue weighted by Gasteiger charge is -2.31. The smallest absolute Gasteiger partial charge is 0.318 e. The number of nitrogens with zero attached hydrogens (tertiary/aromatic N) is 2. The maximum atomic E-state index is 11.9. The molecule has 0 spiro atoms. The minimum atomic E-state index is -1.17. The lowest BCUT2D eigenvalue weighted by Crippen LogP contribution is -2.36. The maximum absolute atomic E-state index is 11.9. The van der Waals surface area contributed by atoms with Gasteiger partial charge in [-0.3, -0.25) is 4.79 Å². The van der Waals surface area contributed by atoms with E-state index in [1.807, 2.05) is 43.3 Å². The second-order valence-electron chi connectivity index (χ2n) is 5.23. The van der Waals surface area contributed by atoms with E-state index in [2.05, 4.69) is 6.72 Å². The van der Waals surface area contributed by atoms with Gasteiger partial charge < -0.3 is 15.2 Å². The molecule has 1 aliphatic rings. The Bertz CT molecular complexity index is 647. The van der Waals surface area contributed by atoms with E-state index in [0.717, 1.165) is 5.69 Å². The van der Waals surface area contributed by atoms with Crippen LogP contribution >= 0.6 is 0 Å². The van der Waals surface area contributed by atoms with Crippen molar-refractivity contribution >= 4 is 18.4 Å². The van der Waals surface area contributed by atoms with Gasteiger partial charge in [0.1, 0.15) is 12.1 Å². The van der Waals surface area contributed by atoms with Crippen LogP contribution in [0.3, 0.4) is 0 Å². The summed E-state index contributed by atoms with van der Waals surface area (Å²) in [5.74, 6) is -0.940. The highest BCUT2D eigenvalue weighted by Gasteiger charge is 2.41. The number of allylic oxidation sites excluding steroid dienone is 2. The molecule has 5 nitrogen and oxygen atoms in total. The van der Waals surface area contributed by atoms with Gasteiger partial charge in [-0.15, -0.1) is 0 Å². The van der Waals surface area contributed by atoms with E-state index in [9.17, 15) is 15.1 Å². The van der Waals surface area contributed by atoms with E-state index in [0.29, 0.717) is 16.0 Å². The van der Waals surface area contributed by atoms with Gasteiger partial charge in [-0.05, 0) is 24.1 Å². The highest BCUT2D eigenvalue weighted by atomic mass is 16.5. The van der Waals surface area contributed by atoms with Gasteiger partial charge in [0.25, 0.3) is 0 Å². The molecule has 2 rings (SSSR count). The van der Waals surface area contributed by atoms with Crippen molar-refractivity contribution in [2.75, 3.05) is 19.0 Å². The molecule has 21 heavy (non-hydrogen) atoms. The zero-order valence-corrected chi connectivity index (χ0v) is 12.1.